The van der Waals surface area contributed by atoms with Crippen molar-refractivity contribution in [3.8, 4) is 5.75 Å². The summed E-state index contributed by atoms with van der Waals surface area (Å²) in [5, 5.41) is 0. The average molecular weight is 363 g/mol. The Morgan fingerprint density at radius 3 is 2.12 bits per heavy atom. The van der Waals surface area contributed by atoms with Crippen LogP contribution in [0.25, 0.3) is 0 Å². The molecule has 0 heterocycles. The fourth-order valence-corrected chi connectivity index (χ4v) is 3.55. The van der Waals surface area contributed by atoms with E-state index < -0.39 is 17.5 Å². The highest BCUT2D eigenvalue weighted by atomic mass is 19.4. The van der Waals surface area contributed by atoms with Crippen LogP contribution in [-0.2, 0) is 12.7 Å². The first-order valence-electron chi connectivity index (χ1n) is 8.96. The Morgan fingerprint density at radius 1 is 1.00 bits per heavy atom. The van der Waals surface area contributed by atoms with E-state index in [4.69, 9.17) is 4.74 Å². The summed E-state index contributed by atoms with van der Waals surface area (Å²) in [6.45, 7) is 2.80. The molecule has 3 rings (SSSR count). The number of halogens is 3. The third kappa shape index (κ3) is 4.04. The maximum absolute atomic E-state index is 12.8. The van der Waals surface area contributed by atoms with Crippen LogP contribution in [0.15, 0.2) is 54.6 Å². The minimum absolute atomic E-state index is 0.392. The summed E-state index contributed by atoms with van der Waals surface area (Å²) in [6, 6.07) is 15.1. The molecule has 140 valence electrons. The number of ether oxygens (including phenoxy) is 1. The Balaban J connectivity index is 1.81. The lowest BCUT2D eigenvalue weighted by Crippen LogP contribution is -2.52. The van der Waals surface area contributed by atoms with Crippen molar-refractivity contribution in [2.45, 2.75) is 44.6 Å². The van der Waals surface area contributed by atoms with E-state index in [2.05, 4.69) is 24.0 Å². The van der Waals surface area contributed by atoms with Gasteiger partial charge in [0, 0.05) is 12.5 Å². The summed E-state index contributed by atoms with van der Waals surface area (Å²) in [5.41, 5.74) is 0.0239. The van der Waals surface area contributed by atoms with E-state index in [1.165, 1.54) is 17.7 Å². The number of nitrogens with zero attached hydrogens (tertiary/aromatic N) is 1. The van der Waals surface area contributed by atoms with Crippen LogP contribution in [0.1, 0.15) is 37.3 Å². The van der Waals surface area contributed by atoms with Gasteiger partial charge in [0.2, 0.25) is 0 Å². The van der Waals surface area contributed by atoms with E-state index in [9.17, 15) is 13.2 Å². The second kappa shape index (κ2) is 7.31. The number of benzene rings is 2. The third-order valence-corrected chi connectivity index (χ3v) is 5.11. The Labute approximate surface area is 152 Å². The van der Waals surface area contributed by atoms with Gasteiger partial charge < -0.3 is 4.74 Å². The molecule has 1 saturated carbocycles. The smallest absolute Gasteiger partial charge is 0.416 e. The molecule has 2 nitrogen and oxygen atoms in total. The maximum Gasteiger partial charge on any atom is 0.416 e. The van der Waals surface area contributed by atoms with Crippen LogP contribution < -0.4 is 4.74 Å². The zero-order chi connectivity index (χ0) is 18.8. The average Bonchev–Trinajstić information content (AvgIpc) is 3.45. The van der Waals surface area contributed by atoms with Gasteiger partial charge in [0.1, 0.15) is 5.75 Å². The molecule has 1 fully saturated rings. The van der Waals surface area contributed by atoms with Crippen molar-refractivity contribution in [3.05, 3.63) is 65.7 Å². The fourth-order valence-electron chi connectivity index (χ4n) is 3.55. The van der Waals surface area contributed by atoms with Crippen LogP contribution in [0.2, 0.25) is 0 Å². The molecule has 5 heteroatoms. The molecule has 1 aliphatic carbocycles. The van der Waals surface area contributed by atoms with Gasteiger partial charge in [-0.15, -0.1) is 0 Å². The van der Waals surface area contributed by atoms with Crippen molar-refractivity contribution in [3.63, 3.8) is 0 Å². The number of hydrogen-bond donors (Lipinski definition) is 0. The normalized spacial score (nSPS) is 17.2. The molecule has 2 aromatic rings. The largest absolute Gasteiger partial charge is 0.472 e. The van der Waals surface area contributed by atoms with Crippen LogP contribution in [-0.4, -0.2) is 17.7 Å². The molecule has 0 saturated heterocycles. The van der Waals surface area contributed by atoms with E-state index in [0.717, 1.165) is 37.9 Å². The molecular formula is C21H24F3NO. The van der Waals surface area contributed by atoms with Gasteiger partial charge in [-0.3, -0.25) is 4.90 Å². The van der Waals surface area contributed by atoms with Gasteiger partial charge in [-0.2, -0.15) is 13.2 Å². The fraction of sp³-hybridized carbons (Fsp3) is 0.429. The summed E-state index contributed by atoms with van der Waals surface area (Å²) < 4.78 is 44.7. The first-order valence-corrected chi connectivity index (χ1v) is 8.96. The number of rotatable bonds is 7. The van der Waals surface area contributed by atoms with E-state index in [1.807, 2.05) is 25.2 Å². The number of hydrogen-bond acceptors (Lipinski definition) is 2. The Morgan fingerprint density at radius 2 is 1.62 bits per heavy atom. The quantitative estimate of drug-likeness (QED) is 0.582. The molecule has 0 spiro atoms. The highest BCUT2D eigenvalue weighted by molar-refractivity contribution is 5.29. The highest BCUT2D eigenvalue weighted by Crippen LogP contribution is 2.46. The molecule has 1 unspecified atom stereocenters. The molecule has 0 radical (unpaired) electrons. The molecule has 0 N–H and O–H groups in total. The van der Waals surface area contributed by atoms with Crippen LogP contribution in [0.3, 0.4) is 0 Å². The second-order valence-electron chi connectivity index (χ2n) is 6.94. The monoisotopic (exact) mass is 363 g/mol. The summed E-state index contributed by atoms with van der Waals surface area (Å²) in [6.07, 6.45) is -1.41. The van der Waals surface area contributed by atoms with E-state index in [0.29, 0.717) is 11.7 Å². The predicted molar refractivity (Wildman–Crippen MR) is 95.7 cm³/mol. The van der Waals surface area contributed by atoms with Crippen molar-refractivity contribution in [2.75, 3.05) is 7.05 Å². The Bertz CT molecular complexity index is 710. The van der Waals surface area contributed by atoms with Gasteiger partial charge in [0.25, 0.3) is 0 Å². The standard InChI is InChI=1S/C21H24F3NO/c1-3-20(17-9-10-17,25(2)15-16-7-5-4-6-8-16)26-19-13-11-18(12-14-19)21(22,23)24/h4-8,11-14,17H,3,9-10,15H2,1-2H3. The van der Waals surface area contributed by atoms with Crippen LogP contribution in [0, 0.1) is 5.92 Å². The molecular weight excluding hydrogens is 339 g/mol. The summed E-state index contributed by atoms with van der Waals surface area (Å²) in [4.78, 5) is 2.19. The highest BCUT2D eigenvalue weighted by Gasteiger charge is 2.49. The number of alkyl halides is 3. The molecule has 0 amide bonds. The van der Waals surface area contributed by atoms with Gasteiger partial charge in [-0.05, 0) is 56.1 Å². The first-order chi connectivity index (χ1) is 12.3. The lowest BCUT2D eigenvalue weighted by molar-refractivity contribution is -0.137. The van der Waals surface area contributed by atoms with Gasteiger partial charge in [0.05, 0.1) is 5.56 Å². The van der Waals surface area contributed by atoms with Crippen molar-refractivity contribution in [2.24, 2.45) is 5.92 Å². The minimum atomic E-state index is -4.33. The van der Waals surface area contributed by atoms with Crippen molar-refractivity contribution in [1.82, 2.24) is 4.90 Å². The van der Waals surface area contributed by atoms with E-state index in [1.54, 1.807) is 0 Å². The zero-order valence-electron chi connectivity index (χ0n) is 15.1. The van der Waals surface area contributed by atoms with E-state index in [-0.39, 0.29) is 0 Å². The van der Waals surface area contributed by atoms with Gasteiger partial charge >= 0.3 is 6.18 Å². The van der Waals surface area contributed by atoms with Gasteiger partial charge in [-0.25, -0.2) is 0 Å². The second-order valence-corrected chi connectivity index (χ2v) is 6.94. The van der Waals surface area contributed by atoms with Crippen molar-refractivity contribution >= 4 is 0 Å². The molecule has 0 aliphatic heterocycles. The predicted octanol–water partition coefficient (Wildman–Crippen LogP) is 5.73. The van der Waals surface area contributed by atoms with Crippen LogP contribution >= 0.6 is 0 Å². The Kier molecular flexibility index (Phi) is 5.28. The molecule has 1 atom stereocenters. The Hall–Kier alpha value is -2.01. The molecule has 0 aromatic heterocycles. The lowest BCUT2D eigenvalue weighted by Gasteiger charge is -2.42. The van der Waals surface area contributed by atoms with Crippen molar-refractivity contribution in [1.29, 1.82) is 0 Å². The van der Waals surface area contributed by atoms with Crippen LogP contribution in [0.4, 0.5) is 13.2 Å². The lowest BCUT2D eigenvalue weighted by atomic mass is 10.0. The molecule has 0 bridgehead atoms. The summed E-state index contributed by atoms with van der Waals surface area (Å²) >= 11 is 0. The maximum atomic E-state index is 12.8. The van der Waals surface area contributed by atoms with Crippen LogP contribution in [0.5, 0.6) is 5.75 Å². The van der Waals surface area contributed by atoms with Gasteiger partial charge in [0.15, 0.2) is 5.72 Å². The minimum Gasteiger partial charge on any atom is -0.472 e. The molecule has 1 aliphatic rings. The first kappa shape index (κ1) is 18.8. The summed E-state index contributed by atoms with van der Waals surface area (Å²) in [7, 11) is 2.03. The molecule has 26 heavy (non-hydrogen) atoms. The summed E-state index contributed by atoms with van der Waals surface area (Å²) in [5.74, 6) is 0.871. The topological polar surface area (TPSA) is 12.5 Å². The zero-order valence-corrected chi connectivity index (χ0v) is 15.1. The SMILES string of the molecule is CCC(Oc1ccc(C(F)(F)F)cc1)(C1CC1)N(C)Cc1ccccc1. The van der Waals surface area contributed by atoms with Gasteiger partial charge in [-0.1, -0.05) is 37.3 Å². The van der Waals surface area contributed by atoms with Crippen molar-refractivity contribution < 1.29 is 17.9 Å². The molecule has 2 aromatic carbocycles. The third-order valence-electron chi connectivity index (χ3n) is 5.11. The van der Waals surface area contributed by atoms with E-state index >= 15 is 0 Å².